The number of ether oxygens (including phenoxy) is 1. The first-order valence-corrected chi connectivity index (χ1v) is 7.81. The summed E-state index contributed by atoms with van der Waals surface area (Å²) in [5, 5.41) is 5.64. The molecule has 4 nitrogen and oxygen atoms in total. The molecule has 0 saturated heterocycles. The number of aryl methyl sites for hydroxylation is 2. The monoisotopic (exact) mass is 312 g/mol. The number of amides is 2. The predicted molar refractivity (Wildman–Crippen MR) is 94.1 cm³/mol. The Morgan fingerprint density at radius 3 is 2.43 bits per heavy atom. The molecule has 2 N–H and O–H groups in total. The van der Waals surface area contributed by atoms with Crippen LogP contribution in [0.4, 0.5) is 10.5 Å². The molecular weight excluding hydrogens is 288 g/mol. The van der Waals surface area contributed by atoms with Crippen LogP contribution in [0, 0.1) is 13.8 Å². The van der Waals surface area contributed by atoms with Crippen molar-refractivity contribution in [2.24, 2.45) is 0 Å². The van der Waals surface area contributed by atoms with Gasteiger partial charge in [0, 0.05) is 5.69 Å². The van der Waals surface area contributed by atoms with Gasteiger partial charge in [-0.15, -0.1) is 0 Å². The smallest absolute Gasteiger partial charge is 0.321 e. The lowest BCUT2D eigenvalue weighted by atomic mass is 9.98. The number of rotatable bonds is 5. The van der Waals surface area contributed by atoms with Gasteiger partial charge in [0.2, 0.25) is 0 Å². The molecule has 4 heteroatoms. The average molecular weight is 312 g/mol. The normalized spacial score (nSPS) is 10.5. The standard InChI is InChI=1S/C19H24N2O2/c1-13(2)17-7-5-6-15(4)18(17)21-19(22)20-12-23-16-10-8-14(3)9-11-16/h5-11,13H,12H2,1-4H3,(H2,20,21,22). The molecule has 23 heavy (non-hydrogen) atoms. The first kappa shape index (κ1) is 16.9. The van der Waals surface area contributed by atoms with Crippen LogP contribution in [-0.4, -0.2) is 12.8 Å². The Labute approximate surface area is 137 Å². The number of nitrogens with one attached hydrogen (secondary N) is 2. The average Bonchev–Trinajstić information content (AvgIpc) is 2.51. The van der Waals surface area contributed by atoms with E-state index in [-0.39, 0.29) is 12.8 Å². The van der Waals surface area contributed by atoms with Crippen LogP contribution < -0.4 is 15.4 Å². The lowest BCUT2D eigenvalue weighted by Gasteiger charge is -2.17. The van der Waals surface area contributed by atoms with Gasteiger partial charge in [-0.2, -0.15) is 0 Å². The summed E-state index contributed by atoms with van der Waals surface area (Å²) in [6.07, 6.45) is 0. The van der Waals surface area contributed by atoms with Gasteiger partial charge in [0.1, 0.15) is 5.75 Å². The molecule has 2 rings (SSSR count). The third kappa shape index (κ3) is 4.74. The first-order valence-electron chi connectivity index (χ1n) is 7.81. The SMILES string of the molecule is Cc1ccc(OCNC(=O)Nc2c(C)cccc2C(C)C)cc1. The highest BCUT2D eigenvalue weighted by Crippen LogP contribution is 2.27. The van der Waals surface area contributed by atoms with Gasteiger partial charge in [-0.3, -0.25) is 0 Å². The second-order valence-electron chi connectivity index (χ2n) is 5.93. The third-order valence-electron chi connectivity index (χ3n) is 3.66. The molecular formula is C19H24N2O2. The number of carbonyl (C=O) groups excluding carboxylic acids is 1. The molecule has 0 atom stereocenters. The van der Waals surface area contributed by atoms with Gasteiger partial charge < -0.3 is 15.4 Å². The van der Waals surface area contributed by atoms with Crippen molar-refractivity contribution in [3.8, 4) is 5.75 Å². The first-order chi connectivity index (χ1) is 11.0. The Morgan fingerprint density at radius 2 is 1.78 bits per heavy atom. The van der Waals surface area contributed by atoms with Gasteiger partial charge in [-0.25, -0.2) is 4.79 Å². The molecule has 0 radical (unpaired) electrons. The van der Waals surface area contributed by atoms with E-state index in [1.54, 1.807) is 0 Å². The quantitative estimate of drug-likeness (QED) is 0.794. The Morgan fingerprint density at radius 1 is 1.09 bits per heavy atom. The largest absolute Gasteiger partial charge is 0.473 e. The van der Waals surface area contributed by atoms with Crippen LogP contribution in [0.2, 0.25) is 0 Å². The minimum absolute atomic E-state index is 0.123. The number of anilines is 1. The van der Waals surface area contributed by atoms with E-state index < -0.39 is 0 Å². The molecule has 0 aliphatic carbocycles. The van der Waals surface area contributed by atoms with Crippen molar-refractivity contribution in [1.29, 1.82) is 0 Å². The minimum atomic E-state index is -0.270. The Hall–Kier alpha value is -2.49. The topological polar surface area (TPSA) is 50.4 Å². The van der Waals surface area contributed by atoms with Crippen LogP contribution >= 0.6 is 0 Å². The van der Waals surface area contributed by atoms with E-state index >= 15 is 0 Å². The van der Waals surface area contributed by atoms with Crippen LogP contribution in [0.15, 0.2) is 42.5 Å². The van der Waals surface area contributed by atoms with E-state index in [2.05, 4.69) is 24.5 Å². The fraction of sp³-hybridized carbons (Fsp3) is 0.316. The zero-order valence-electron chi connectivity index (χ0n) is 14.1. The predicted octanol–water partition coefficient (Wildman–Crippen LogP) is 4.58. The van der Waals surface area contributed by atoms with E-state index in [1.807, 2.05) is 56.3 Å². The van der Waals surface area contributed by atoms with Crippen molar-refractivity contribution in [2.75, 3.05) is 12.0 Å². The summed E-state index contributed by atoms with van der Waals surface area (Å²) in [6.45, 7) is 8.35. The molecule has 0 fully saturated rings. The maximum absolute atomic E-state index is 12.1. The summed E-state index contributed by atoms with van der Waals surface area (Å²) in [5.41, 5.74) is 4.21. The van der Waals surface area contributed by atoms with Gasteiger partial charge in [0.05, 0.1) is 0 Å². The fourth-order valence-corrected chi connectivity index (χ4v) is 2.32. The van der Waals surface area contributed by atoms with E-state index in [0.29, 0.717) is 5.92 Å². The van der Waals surface area contributed by atoms with Crippen molar-refractivity contribution in [1.82, 2.24) is 5.32 Å². The van der Waals surface area contributed by atoms with Crippen LogP contribution in [0.25, 0.3) is 0 Å². The number of benzene rings is 2. The van der Waals surface area contributed by atoms with E-state index in [1.165, 1.54) is 5.56 Å². The summed E-state index contributed by atoms with van der Waals surface area (Å²) in [4.78, 5) is 12.1. The molecule has 122 valence electrons. The van der Waals surface area contributed by atoms with Crippen molar-refractivity contribution >= 4 is 11.7 Å². The Kier molecular flexibility index (Phi) is 5.63. The van der Waals surface area contributed by atoms with E-state index in [9.17, 15) is 4.79 Å². The van der Waals surface area contributed by atoms with Crippen LogP contribution in [0.3, 0.4) is 0 Å². The third-order valence-corrected chi connectivity index (χ3v) is 3.66. The molecule has 2 aromatic rings. The number of hydrogen-bond donors (Lipinski definition) is 2. The van der Waals surface area contributed by atoms with Gasteiger partial charge in [-0.05, 0) is 43.0 Å². The number of carbonyl (C=O) groups is 1. The summed E-state index contributed by atoms with van der Waals surface area (Å²) < 4.78 is 5.51. The summed E-state index contributed by atoms with van der Waals surface area (Å²) in [6, 6.07) is 13.5. The highest BCUT2D eigenvalue weighted by atomic mass is 16.5. The lowest BCUT2D eigenvalue weighted by Crippen LogP contribution is -2.32. The highest BCUT2D eigenvalue weighted by molar-refractivity contribution is 5.91. The molecule has 0 spiro atoms. The van der Waals surface area contributed by atoms with Gasteiger partial charge >= 0.3 is 6.03 Å². The molecule has 0 bridgehead atoms. The molecule has 0 aliphatic heterocycles. The second-order valence-corrected chi connectivity index (χ2v) is 5.93. The van der Waals surface area contributed by atoms with Gasteiger partial charge in [0.15, 0.2) is 6.73 Å². The van der Waals surface area contributed by atoms with Crippen LogP contribution in [0.1, 0.15) is 36.5 Å². The highest BCUT2D eigenvalue weighted by Gasteiger charge is 2.11. The fourth-order valence-electron chi connectivity index (χ4n) is 2.32. The Bertz CT molecular complexity index is 664. The molecule has 0 aliphatic rings. The molecule has 0 saturated carbocycles. The van der Waals surface area contributed by atoms with Crippen LogP contribution in [0.5, 0.6) is 5.75 Å². The zero-order chi connectivity index (χ0) is 16.8. The van der Waals surface area contributed by atoms with Crippen molar-refractivity contribution in [3.05, 3.63) is 59.2 Å². The summed E-state index contributed by atoms with van der Waals surface area (Å²) in [5.74, 6) is 1.07. The maximum Gasteiger partial charge on any atom is 0.321 e. The number of hydrogen-bond acceptors (Lipinski definition) is 2. The molecule has 0 aromatic heterocycles. The van der Waals surface area contributed by atoms with E-state index in [0.717, 1.165) is 22.6 Å². The maximum atomic E-state index is 12.1. The van der Waals surface area contributed by atoms with Crippen molar-refractivity contribution < 1.29 is 9.53 Å². The molecule has 0 heterocycles. The van der Waals surface area contributed by atoms with Gasteiger partial charge in [-0.1, -0.05) is 49.7 Å². The van der Waals surface area contributed by atoms with Gasteiger partial charge in [0.25, 0.3) is 0 Å². The van der Waals surface area contributed by atoms with Crippen LogP contribution in [-0.2, 0) is 0 Å². The molecule has 2 aromatic carbocycles. The summed E-state index contributed by atoms with van der Waals surface area (Å²) in [7, 11) is 0. The zero-order valence-corrected chi connectivity index (χ0v) is 14.1. The summed E-state index contributed by atoms with van der Waals surface area (Å²) >= 11 is 0. The minimum Gasteiger partial charge on any atom is -0.473 e. The number of para-hydroxylation sites is 1. The number of urea groups is 1. The second kappa shape index (κ2) is 7.68. The van der Waals surface area contributed by atoms with Crippen molar-refractivity contribution in [2.45, 2.75) is 33.6 Å². The van der Waals surface area contributed by atoms with Crippen molar-refractivity contribution in [3.63, 3.8) is 0 Å². The lowest BCUT2D eigenvalue weighted by molar-refractivity contribution is 0.234. The molecule has 2 amide bonds. The molecule has 0 unspecified atom stereocenters. The van der Waals surface area contributed by atoms with E-state index in [4.69, 9.17) is 4.74 Å². The Balaban J connectivity index is 1.91.